The van der Waals surface area contributed by atoms with Crippen molar-refractivity contribution in [1.82, 2.24) is 14.5 Å². The summed E-state index contributed by atoms with van der Waals surface area (Å²) in [5.74, 6) is 0.765. The quantitative estimate of drug-likeness (QED) is 0.735. The lowest BCUT2D eigenvalue weighted by Gasteiger charge is -2.45. The zero-order chi connectivity index (χ0) is 14.6. The number of piperidine rings is 2. The highest BCUT2D eigenvalue weighted by Gasteiger charge is 2.37. The van der Waals surface area contributed by atoms with Crippen LogP contribution in [0.4, 0.5) is 0 Å². The summed E-state index contributed by atoms with van der Waals surface area (Å²) < 4.78 is 26.5. The molecular formula is C14H29N3O2S. The molecule has 118 valence electrons. The first kappa shape index (κ1) is 16.2. The molecule has 0 aromatic heterocycles. The number of nitrogens with zero attached hydrogens (tertiary/aromatic N) is 2. The van der Waals surface area contributed by atoms with Crippen molar-refractivity contribution < 1.29 is 8.42 Å². The van der Waals surface area contributed by atoms with Crippen LogP contribution in [0.3, 0.4) is 0 Å². The van der Waals surface area contributed by atoms with Crippen LogP contribution in [-0.2, 0) is 10.0 Å². The van der Waals surface area contributed by atoms with Crippen LogP contribution in [0.5, 0.6) is 0 Å². The molecule has 2 saturated heterocycles. The third kappa shape index (κ3) is 3.93. The van der Waals surface area contributed by atoms with Gasteiger partial charge in [-0.25, -0.2) is 12.7 Å². The molecule has 6 heteroatoms. The molecule has 2 rings (SSSR count). The van der Waals surface area contributed by atoms with Gasteiger partial charge in [-0.05, 0) is 51.7 Å². The molecule has 0 aromatic carbocycles. The number of rotatable bonds is 6. The van der Waals surface area contributed by atoms with Crippen molar-refractivity contribution in [3.63, 3.8) is 0 Å². The topological polar surface area (TPSA) is 52.7 Å². The van der Waals surface area contributed by atoms with Crippen molar-refractivity contribution in [1.29, 1.82) is 0 Å². The minimum atomic E-state index is -3.08. The first-order valence-electron chi connectivity index (χ1n) is 7.93. The number of hydrogen-bond acceptors (Lipinski definition) is 4. The van der Waals surface area contributed by atoms with E-state index >= 15 is 0 Å². The van der Waals surface area contributed by atoms with Gasteiger partial charge in [0, 0.05) is 25.7 Å². The predicted molar refractivity (Wildman–Crippen MR) is 82.3 cm³/mol. The Morgan fingerprint density at radius 3 is 2.75 bits per heavy atom. The number of hydrogen-bond donors (Lipinski definition) is 1. The minimum Gasteiger partial charge on any atom is -0.316 e. The highest BCUT2D eigenvalue weighted by atomic mass is 32.2. The third-order valence-electron chi connectivity index (χ3n) is 4.67. The molecule has 20 heavy (non-hydrogen) atoms. The molecule has 1 N–H and O–H groups in total. The normalized spacial score (nSPS) is 29.3. The Morgan fingerprint density at radius 2 is 2.00 bits per heavy atom. The summed E-state index contributed by atoms with van der Waals surface area (Å²) >= 11 is 0. The van der Waals surface area contributed by atoms with E-state index in [1.165, 1.54) is 12.8 Å². The summed E-state index contributed by atoms with van der Waals surface area (Å²) in [4.78, 5) is 2.42. The average Bonchev–Trinajstić information content (AvgIpc) is 2.43. The fourth-order valence-electron chi connectivity index (χ4n) is 3.50. The Hall–Kier alpha value is -0.170. The Kier molecular flexibility index (Phi) is 5.84. The Bertz CT molecular complexity index is 399. The fraction of sp³-hybridized carbons (Fsp3) is 1.00. The van der Waals surface area contributed by atoms with Gasteiger partial charge in [-0.2, -0.15) is 0 Å². The van der Waals surface area contributed by atoms with Crippen LogP contribution in [-0.4, -0.2) is 69.2 Å². The van der Waals surface area contributed by atoms with E-state index in [1.54, 1.807) is 4.31 Å². The van der Waals surface area contributed by atoms with Crippen LogP contribution >= 0.6 is 0 Å². The van der Waals surface area contributed by atoms with Gasteiger partial charge in [0.1, 0.15) is 0 Å². The van der Waals surface area contributed by atoms with Crippen LogP contribution in [0.2, 0.25) is 0 Å². The first-order chi connectivity index (χ1) is 9.54. The highest BCUT2D eigenvalue weighted by Crippen LogP contribution is 2.30. The summed E-state index contributed by atoms with van der Waals surface area (Å²) in [6, 6.07) is 0.591. The van der Waals surface area contributed by atoms with Gasteiger partial charge >= 0.3 is 0 Å². The molecule has 2 aliphatic rings. The highest BCUT2D eigenvalue weighted by molar-refractivity contribution is 7.89. The largest absolute Gasteiger partial charge is 0.316 e. The molecule has 0 saturated carbocycles. The average molecular weight is 303 g/mol. The maximum Gasteiger partial charge on any atom is 0.215 e. The zero-order valence-electron chi connectivity index (χ0n) is 12.8. The van der Waals surface area contributed by atoms with Crippen molar-refractivity contribution in [2.24, 2.45) is 5.92 Å². The molecule has 2 unspecified atom stereocenters. The second-order valence-electron chi connectivity index (χ2n) is 6.16. The predicted octanol–water partition coefficient (Wildman–Crippen LogP) is 0.732. The van der Waals surface area contributed by atoms with Crippen LogP contribution in [0.15, 0.2) is 0 Å². The third-order valence-corrected chi connectivity index (χ3v) is 6.50. The van der Waals surface area contributed by atoms with Crippen molar-refractivity contribution in [3.05, 3.63) is 0 Å². The summed E-state index contributed by atoms with van der Waals surface area (Å²) in [5.41, 5.74) is 0. The molecular weight excluding hydrogens is 274 g/mol. The Balaban J connectivity index is 1.87. The van der Waals surface area contributed by atoms with Crippen LogP contribution in [0.1, 0.15) is 32.6 Å². The standard InChI is InChI=1S/C14H29N3O2S/c1-3-7-15-8-11-20(18,19)17-10-6-14-13(12-17)5-4-9-16(14)2/h13-15H,3-12H2,1-2H3. The summed E-state index contributed by atoms with van der Waals surface area (Å²) in [6.07, 6.45) is 4.40. The van der Waals surface area contributed by atoms with E-state index in [0.29, 0.717) is 25.0 Å². The maximum atomic E-state index is 12.4. The summed E-state index contributed by atoms with van der Waals surface area (Å²) in [6.45, 7) is 6.14. The van der Waals surface area contributed by atoms with Gasteiger partial charge in [-0.1, -0.05) is 6.92 Å². The fourth-order valence-corrected chi connectivity index (χ4v) is 4.97. The van der Waals surface area contributed by atoms with Crippen molar-refractivity contribution in [3.8, 4) is 0 Å². The lowest BCUT2D eigenvalue weighted by Crippen LogP contribution is -2.54. The van der Waals surface area contributed by atoms with Gasteiger partial charge in [-0.15, -0.1) is 0 Å². The lowest BCUT2D eigenvalue weighted by atomic mass is 9.85. The molecule has 0 radical (unpaired) electrons. The molecule has 2 heterocycles. The smallest absolute Gasteiger partial charge is 0.215 e. The maximum absolute atomic E-state index is 12.4. The van der Waals surface area contributed by atoms with Crippen molar-refractivity contribution >= 4 is 10.0 Å². The van der Waals surface area contributed by atoms with Gasteiger partial charge in [0.05, 0.1) is 5.75 Å². The van der Waals surface area contributed by atoms with Gasteiger partial charge in [0.15, 0.2) is 0 Å². The summed E-state index contributed by atoms with van der Waals surface area (Å²) in [7, 11) is -0.903. The molecule has 0 bridgehead atoms. The molecule has 0 spiro atoms. The Labute approximate surface area is 123 Å². The molecule has 5 nitrogen and oxygen atoms in total. The van der Waals surface area contributed by atoms with Gasteiger partial charge in [-0.3, -0.25) is 0 Å². The van der Waals surface area contributed by atoms with Crippen molar-refractivity contribution in [2.45, 2.75) is 38.6 Å². The van der Waals surface area contributed by atoms with E-state index in [1.807, 2.05) is 0 Å². The Morgan fingerprint density at radius 1 is 1.20 bits per heavy atom. The molecule has 0 aliphatic carbocycles. The molecule has 2 aliphatic heterocycles. The van der Waals surface area contributed by atoms with E-state index < -0.39 is 10.0 Å². The number of sulfonamides is 1. The van der Waals surface area contributed by atoms with Gasteiger partial charge < -0.3 is 10.2 Å². The second-order valence-corrected chi connectivity index (χ2v) is 8.25. The SMILES string of the molecule is CCCNCCS(=O)(=O)N1CCC2C(CCCN2C)C1. The first-order valence-corrected chi connectivity index (χ1v) is 9.54. The minimum absolute atomic E-state index is 0.236. The lowest BCUT2D eigenvalue weighted by molar-refractivity contribution is 0.0671. The van der Waals surface area contributed by atoms with Gasteiger partial charge in [0.25, 0.3) is 0 Å². The van der Waals surface area contributed by atoms with E-state index in [0.717, 1.165) is 32.5 Å². The van der Waals surface area contributed by atoms with Gasteiger partial charge in [0.2, 0.25) is 10.0 Å². The molecule has 2 atom stereocenters. The van der Waals surface area contributed by atoms with Crippen molar-refractivity contribution in [2.75, 3.05) is 45.5 Å². The van der Waals surface area contributed by atoms with Crippen LogP contribution in [0, 0.1) is 5.92 Å². The van der Waals surface area contributed by atoms with E-state index in [9.17, 15) is 8.42 Å². The molecule has 0 amide bonds. The van der Waals surface area contributed by atoms with E-state index in [-0.39, 0.29) is 5.75 Å². The second kappa shape index (κ2) is 7.20. The number of fused-ring (bicyclic) bond motifs is 1. The molecule has 2 fully saturated rings. The van der Waals surface area contributed by atoms with E-state index in [2.05, 4.69) is 24.2 Å². The van der Waals surface area contributed by atoms with E-state index in [4.69, 9.17) is 0 Å². The zero-order valence-corrected chi connectivity index (χ0v) is 13.7. The van der Waals surface area contributed by atoms with Crippen LogP contribution in [0.25, 0.3) is 0 Å². The number of likely N-dealkylation sites (tertiary alicyclic amines) is 1. The monoisotopic (exact) mass is 303 g/mol. The van der Waals surface area contributed by atoms with Crippen LogP contribution < -0.4 is 5.32 Å². The summed E-state index contributed by atoms with van der Waals surface area (Å²) in [5, 5.41) is 3.18. The molecule has 0 aromatic rings. The number of nitrogens with one attached hydrogen (secondary N) is 1.